The SMILES string of the molecule is CC(C)N(CCC#N)c1cc(C(=O)O)c([N+](=O)[O-])cn1. The number of nitro groups is 1. The van der Waals surface area contributed by atoms with E-state index in [0.29, 0.717) is 12.4 Å². The number of hydrogen-bond acceptors (Lipinski definition) is 6. The highest BCUT2D eigenvalue weighted by Gasteiger charge is 2.23. The summed E-state index contributed by atoms with van der Waals surface area (Å²) in [5, 5.41) is 28.4. The molecule has 0 aliphatic carbocycles. The van der Waals surface area contributed by atoms with Gasteiger partial charge in [-0.3, -0.25) is 10.1 Å². The number of aromatic carboxylic acids is 1. The zero-order valence-corrected chi connectivity index (χ0v) is 11.1. The average Bonchev–Trinajstić information content (AvgIpc) is 2.38. The molecule has 0 saturated carbocycles. The van der Waals surface area contributed by atoms with E-state index < -0.39 is 22.1 Å². The molecule has 0 unspecified atom stereocenters. The van der Waals surface area contributed by atoms with E-state index >= 15 is 0 Å². The van der Waals surface area contributed by atoms with Gasteiger partial charge in [0.15, 0.2) is 0 Å². The minimum Gasteiger partial charge on any atom is -0.477 e. The summed E-state index contributed by atoms with van der Waals surface area (Å²) in [5.41, 5.74) is -0.965. The summed E-state index contributed by atoms with van der Waals surface area (Å²) >= 11 is 0. The van der Waals surface area contributed by atoms with Crippen molar-refractivity contribution in [3.63, 3.8) is 0 Å². The Morgan fingerprint density at radius 2 is 2.30 bits per heavy atom. The molecule has 0 saturated heterocycles. The van der Waals surface area contributed by atoms with Crippen molar-refractivity contribution in [2.24, 2.45) is 0 Å². The van der Waals surface area contributed by atoms with Crippen LogP contribution in [-0.4, -0.2) is 33.6 Å². The molecule has 8 heteroatoms. The number of pyridine rings is 1. The third-order valence-corrected chi connectivity index (χ3v) is 2.68. The highest BCUT2D eigenvalue weighted by atomic mass is 16.6. The highest BCUT2D eigenvalue weighted by Crippen LogP contribution is 2.23. The highest BCUT2D eigenvalue weighted by molar-refractivity contribution is 5.93. The quantitative estimate of drug-likeness (QED) is 0.622. The van der Waals surface area contributed by atoms with Crippen LogP contribution in [0.3, 0.4) is 0 Å². The van der Waals surface area contributed by atoms with Gasteiger partial charge in [-0.15, -0.1) is 0 Å². The monoisotopic (exact) mass is 278 g/mol. The average molecular weight is 278 g/mol. The number of hydrogen-bond donors (Lipinski definition) is 1. The van der Waals surface area contributed by atoms with Gasteiger partial charge in [-0.25, -0.2) is 9.78 Å². The van der Waals surface area contributed by atoms with Crippen molar-refractivity contribution in [2.75, 3.05) is 11.4 Å². The first-order chi connectivity index (χ1) is 9.38. The molecule has 0 fully saturated rings. The fraction of sp³-hybridized carbons (Fsp3) is 0.417. The number of carboxylic acid groups (broad SMARTS) is 1. The predicted octanol–water partition coefficient (Wildman–Crippen LogP) is 1.82. The summed E-state index contributed by atoms with van der Waals surface area (Å²) in [7, 11) is 0. The molecule has 8 nitrogen and oxygen atoms in total. The number of aromatic nitrogens is 1. The first kappa shape index (κ1) is 15.4. The summed E-state index contributed by atoms with van der Waals surface area (Å²) in [4.78, 5) is 26.7. The molecule has 1 rings (SSSR count). The van der Waals surface area contributed by atoms with Gasteiger partial charge in [-0.2, -0.15) is 5.26 Å². The van der Waals surface area contributed by atoms with Gasteiger partial charge < -0.3 is 10.0 Å². The summed E-state index contributed by atoms with van der Waals surface area (Å²) in [6.07, 6.45) is 1.18. The molecular formula is C12H14N4O4. The number of rotatable bonds is 6. The van der Waals surface area contributed by atoms with Gasteiger partial charge >= 0.3 is 11.7 Å². The third kappa shape index (κ3) is 3.41. The first-order valence-electron chi connectivity index (χ1n) is 5.89. The Hall–Kier alpha value is -2.69. The molecule has 0 aromatic carbocycles. The maximum atomic E-state index is 11.1. The van der Waals surface area contributed by atoms with Crippen LogP contribution in [0.2, 0.25) is 0 Å². The van der Waals surface area contributed by atoms with Crippen molar-refractivity contribution in [3.8, 4) is 6.07 Å². The van der Waals surface area contributed by atoms with E-state index in [2.05, 4.69) is 4.98 Å². The van der Waals surface area contributed by atoms with Gasteiger partial charge in [0, 0.05) is 18.7 Å². The van der Waals surface area contributed by atoms with Crippen LogP contribution in [0.25, 0.3) is 0 Å². The Labute approximate surface area is 115 Å². The Morgan fingerprint density at radius 3 is 2.75 bits per heavy atom. The van der Waals surface area contributed by atoms with E-state index in [1.165, 1.54) is 0 Å². The molecule has 1 aromatic heterocycles. The van der Waals surface area contributed by atoms with Crippen molar-refractivity contribution < 1.29 is 14.8 Å². The van der Waals surface area contributed by atoms with Crippen LogP contribution in [-0.2, 0) is 0 Å². The van der Waals surface area contributed by atoms with Gasteiger partial charge in [0.1, 0.15) is 17.6 Å². The van der Waals surface area contributed by atoms with Crippen LogP contribution in [0.5, 0.6) is 0 Å². The Balaban J connectivity index is 3.25. The lowest BCUT2D eigenvalue weighted by Gasteiger charge is -2.26. The van der Waals surface area contributed by atoms with Crippen LogP contribution in [0.4, 0.5) is 11.5 Å². The minimum atomic E-state index is -1.38. The molecule has 0 bridgehead atoms. The molecule has 0 atom stereocenters. The van der Waals surface area contributed by atoms with Crippen LogP contribution in [0.15, 0.2) is 12.3 Å². The molecule has 0 radical (unpaired) electrons. The van der Waals surface area contributed by atoms with Crippen LogP contribution >= 0.6 is 0 Å². The van der Waals surface area contributed by atoms with E-state index in [1.54, 1.807) is 4.90 Å². The number of carbonyl (C=O) groups is 1. The van der Waals surface area contributed by atoms with Crippen LogP contribution in [0, 0.1) is 21.4 Å². The third-order valence-electron chi connectivity index (χ3n) is 2.68. The molecule has 1 N–H and O–H groups in total. The standard InChI is InChI=1S/C12H14N4O4/c1-8(2)15(5-3-4-13)11-6-9(12(17)18)10(7-14-11)16(19)20/h6-8H,3,5H2,1-2H3,(H,17,18). The smallest absolute Gasteiger partial charge is 0.342 e. The number of carboxylic acids is 1. The fourth-order valence-corrected chi connectivity index (χ4v) is 1.72. The van der Waals surface area contributed by atoms with Crippen molar-refractivity contribution in [1.29, 1.82) is 5.26 Å². The zero-order valence-electron chi connectivity index (χ0n) is 11.1. The van der Waals surface area contributed by atoms with Crippen molar-refractivity contribution >= 4 is 17.5 Å². The number of nitriles is 1. The second-order valence-corrected chi connectivity index (χ2v) is 4.32. The van der Waals surface area contributed by atoms with Crippen molar-refractivity contribution in [2.45, 2.75) is 26.3 Å². The number of nitrogens with zero attached hydrogens (tertiary/aromatic N) is 4. The lowest BCUT2D eigenvalue weighted by Crippen LogP contribution is -2.32. The second-order valence-electron chi connectivity index (χ2n) is 4.32. The Kier molecular flexibility index (Phi) is 4.97. The topological polar surface area (TPSA) is 120 Å². The molecule has 0 aliphatic heterocycles. The predicted molar refractivity (Wildman–Crippen MR) is 70.6 cm³/mol. The normalized spacial score (nSPS) is 10.1. The van der Waals surface area contributed by atoms with Gasteiger partial charge in [0.25, 0.3) is 0 Å². The molecule has 0 amide bonds. The van der Waals surface area contributed by atoms with Crippen molar-refractivity contribution in [1.82, 2.24) is 4.98 Å². The van der Waals surface area contributed by atoms with Crippen LogP contribution < -0.4 is 4.90 Å². The summed E-state index contributed by atoms with van der Waals surface area (Å²) < 4.78 is 0. The van der Waals surface area contributed by atoms with E-state index in [0.717, 1.165) is 12.3 Å². The summed E-state index contributed by atoms with van der Waals surface area (Å²) in [5.74, 6) is -1.08. The molecule has 1 aromatic rings. The Bertz CT molecular complexity index is 565. The van der Waals surface area contributed by atoms with E-state index in [1.807, 2.05) is 19.9 Å². The minimum absolute atomic E-state index is 0.0149. The van der Waals surface area contributed by atoms with Gasteiger partial charge in [-0.1, -0.05) is 0 Å². The van der Waals surface area contributed by atoms with Gasteiger partial charge in [0.05, 0.1) is 17.4 Å². The molecule has 0 spiro atoms. The van der Waals surface area contributed by atoms with E-state index in [9.17, 15) is 14.9 Å². The van der Waals surface area contributed by atoms with E-state index in [-0.39, 0.29) is 12.5 Å². The number of anilines is 1. The second kappa shape index (κ2) is 6.47. The van der Waals surface area contributed by atoms with Crippen molar-refractivity contribution in [3.05, 3.63) is 27.9 Å². The lowest BCUT2D eigenvalue weighted by molar-refractivity contribution is -0.385. The van der Waals surface area contributed by atoms with Gasteiger partial charge in [0.2, 0.25) is 0 Å². The molecule has 106 valence electrons. The fourth-order valence-electron chi connectivity index (χ4n) is 1.72. The maximum Gasteiger partial charge on any atom is 0.342 e. The summed E-state index contributed by atoms with van der Waals surface area (Å²) in [6.45, 7) is 4.10. The molecular weight excluding hydrogens is 264 g/mol. The largest absolute Gasteiger partial charge is 0.477 e. The van der Waals surface area contributed by atoms with E-state index in [4.69, 9.17) is 10.4 Å². The first-order valence-corrected chi connectivity index (χ1v) is 5.89. The molecule has 0 aliphatic rings. The maximum absolute atomic E-state index is 11.1. The summed E-state index contributed by atoms with van der Waals surface area (Å²) in [6, 6.07) is 3.15. The zero-order chi connectivity index (χ0) is 15.3. The van der Waals surface area contributed by atoms with Crippen LogP contribution in [0.1, 0.15) is 30.6 Å². The molecule has 20 heavy (non-hydrogen) atoms. The lowest BCUT2D eigenvalue weighted by atomic mass is 10.2. The molecule has 1 heterocycles. The Morgan fingerprint density at radius 1 is 1.65 bits per heavy atom. The van der Waals surface area contributed by atoms with Gasteiger partial charge in [-0.05, 0) is 13.8 Å².